The van der Waals surface area contributed by atoms with Crippen molar-refractivity contribution in [3.05, 3.63) is 78.1 Å². The van der Waals surface area contributed by atoms with Crippen LogP contribution >= 0.6 is 0 Å². The summed E-state index contributed by atoms with van der Waals surface area (Å²) in [6.07, 6.45) is 4.19. The molecule has 2 heterocycles. The Labute approximate surface area is 154 Å². The first-order chi connectivity index (χ1) is 12.7. The first-order valence-corrected chi connectivity index (χ1v) is 9.10. The molecule has 0 amide bonds. The number of aryl methyl sites for hydroxylation is 1. The molecular weight excluding hydrogens is 324 g/mol. The lowest BCUT2D eigenvalue weighted by atomic mass is 10.2. The molecule has 1 aliphatic rings. The zero-order chi connectivity index (χ0) is 17.9. The minimum Gasteiger partial charge on any atom is -0.494 e. The van der Waals surface area contributed by atoms with Crippen LogP contribution in [0.2, 0.25) is 0 Å². The van der Waals surface area contributed by atoms with E-state index < -0.39 is 0 Å². The molecule has 1 unspecified atom stereocenters. The smallest absolute Gasteiger partial charge is 0.158 e. The first kappa shape index (κ1) is 16.7. The zero-order valence-corrected chi connectivity index (χ0v) is 15.3. The van der Waals surface area contributed by atoms with Gasteiger partial charge in [-0.1, -0.05) is 17.7 Å². The monoisotopic (exact) mass is 348 g/mol. The Balaban J connectivity index is 1.55. The molecule has 1 fully saturated rings. The molecule has 1 saturated heterocycles. The van der Waals surface area contributed by atoms with Crippen molar-refractivity contribution in [2.24, 2.45) is 0 Å². The Morgan fingerprint density at radius 3 is 2.46 bits per heavy atom. The van der Waals surface area contributed by atoms with E-state index in [9.17, 15) is 0 Å². The summed E-state index contributed by atoms with van der Waals surface area (Å²) in [4.78, 5) is 2.32. The molecule has 0 saturated carbocycles. The molecule has 4 heteroatoms. The molecule has 4 nitrogen and oxygen atoms in total. The fraction of sp³-hybridized carbons (Fsp3) is 0.273. The van der Waals surface area contributed by atoms with Gasteiger partial charge in [0.2, 0.25) is 0 Å². The van der Waals surface area contributed by atoms with Gasteiger partial charge in [0.25, 0.3) is 0 Å². The van der Waals surface area contributed by atoms with Crippen LogP contribution in [0, 0.1) is 6.92 Å². The molecule has 0 bridgehead atoms. The quantitative estimate of drug-likeness (QED) is 0.667. The Hall–Kier alpha value is -2.72. The summed E-state index contributed by atoms with van der Waals surface area (Å²) < 4.78 is 13.7. The summed E-state index contributed by atoms with van der Waals surface area (Å²) in [7, 11) is 0. The van der Waals surface area contributed by atoms with Crippen molar-refractivity contribution in [2.75, 3.05) is 24.7 Å². The van der Waals surface area contributed by atoms with Crippen LogP contribution in [0.1, 0.15) is 24.3 Å². The summed E-state index contributed by atoms with van der Waals surface area (Å²) in [5, 5.41) is 0. The van der Waals surface area contributed by atoms with Crippen LogP contribution in [0.15, 0.2) is 67.0 Å². The zero-order valence-electron chi connectivity index (χ0n) is 15.3. The number of anilines is 1. The van der Waals surface area contributed by atoms with Crippen LogP contribution in [0.4, 0.5) is 5.69 Å². The first-order valence-electron chi connectivity index (χ1n) is 9.10. The maximum Gasteiger partial charge on any atom is 0.158 e. The predicted octanol–water partition coefficient (Wildman–Crippen LogP) is 4.72. The van der Waals surface area contributed by atoms with Gasteiger partial charge in [-0.15, -0.1) is 0 Å². The third kappa shape index (κ3) is 3.33. The van der Waals surface area contributed by atoms with Gasteiger partial charge in [0.05, 0.1) is 13.2 Å². The van der Waals surface area contributed by atoms with Crippen LogP contribution in [0.25, 0.3) is 5.69 Å². The number of benzene rings is 2. The van der Waals surface area contributed by atoms with E-state index in [-0.39, 0.29) is 6.23 Å². The summed E-state index contributed by atoms with van der Waals surface area (Å²) >= 11 is 0. The maximum atomic E-state index is 6.03. The van der Waals surface area contributed by atoms with E-state index in [0.29, 0.717) is 6.61 Å². The molecule has 3 aromatic rings. The minimum atomic E-state index is -0.0401. The van der Waals surface area contributed by atoms with Crippen LogP contribution in [0.3, 0.4) is 0 Å². The number of hydrogen-bond donors (Lipinski definition) is 0. The molecule has 2 aromatic carbocycles. The second kappa shape index (κ2) is 7.26. The van der Waals surface area contributed by atoms with Gasteiger partial charge in [-0.05, 0) is 56.3 Å². The van der Waals surface area contributed by atoms with Crippen LogP contribution < -0.4 is 9.64 Å². The minimum absolute atomic E-state index is 0.0401. The largest absolute Gasteiger partial charge is 0.494 e. The Kier molecular flexibility index (Phi) is 4.67. The van der Waals surface area contributed by atoms with Crippen LogP contribution in [0.5, 0.6) is 5.75 Å². The highest BCUT2D eigenvalue weighted by Crippen LogP contribution is 2.33. The lowest BCUT2D eigenvalue weighted by Gasteiger charge is -2.24. The van der Waals surface area contributed by atoms with E-state index in [0.717, 1.165) is 30.2 Å². The van der Waals surface area contributed by atoms with Crippen molar-refractivity contribution >= 4 is 5.69 Å². The number of nitrogens with zero attached hydrogens (tertiary/aromatic N) is 2. The third-order valence-corrected chi connectivity index (χ3v) is 4.70. The van der Waals surface area contributed by atoms with Gasteiger partial charge in [-0.2, -0.15) is 0 Å². The van der Waals surface area contributed by atoms with Gasteiger partial charge in [-0.25, -0.2) is 0 Å². The second-order valence-electron chi connectivity index (χ2n) is 6.53. The molecule has 26 heavy (non-hydrogen) atoms. The van der Waals surface area contributed by atoms with Crippen molar-refractivity contribution in [2.45, 2.75) is 20.1 Å². The molecule has 0 spiro atoms. The maximum absolute atomic E-state index is 6.03. The average Bonchev–Trinajstić information content (AvgIpc) is 3.32. The average molecular weight is 348 g/mol. The highest BCUT2D eigenvalue weighted by atomic mass is 16.5. The highest BCUT2D eigenvalue weighted by molar-refractivity contribution is 5.50. The van der Waals surface area contributed by atoms with E-state index in [4.69, 9.17) is 9.47 Å². The third-order valence-electron chi connectivity index (χ3n) is 4.70. The number of ether oxygens (including phenoxy) is 2. The Bertz CT molecular complexity index is 853. The summed E-state index contributed by atoms with van der Waals surface area (Å²) in [5.41, 5.74) is 4.75. The lowest BCUT2D eigenvalue weighted by molar-refractivity contribution is 0.114. The number of aromatic nitrogens is 1. The SMILES string of the molecule is CCOc1ccc(-n2ccc(C3OCCN3c3ccc(C)cc3)c2)cc1. The Morgan fingerprint density at radius 2 is 1.73 bits per heavy atom. The van der Waals surface area contributed by atoms with Gasteiger partial charge < -0.3 is 18.9 Å². The summed E-state index contributed by atoms with van der Waals surface area (Å²) in [5.74, 6) is 0.897. The number of rotatable bonds is 5. The van der Waals surface area contributed by atoms with E-state index >= 15 is 0 Å². The second-order valence-corrected chi connectivity index (χ2v) is 6.53. The van der Waals surface area contributed by atoms with Crippen LogP contribution in [-0.2, 0) is 4.74 Å². The summed E-state index contributed by atoms with van der Waals surface area (Å²) in [6.45, 7) is 6.43. The topological polar surface area (TPSA) is 26.6 Å². The molecule has 134 valence electrons. The molecule has 1 aliphatic heterocycles. The summed E-state index contributed by atoms with van der Waals surface area (Å²) in [6, 6.07) is 18.9. The molecule has 1 aromatic heterocycles. The van der Waals surface area contributed by atoms with Crippen molar-refractivity contribution in [1.29, 1.82) is 0 Å². The van der Waals surface area contributed by atoms with Gasteiger partial charge in [0.15, 0.2) is 6.23 Å². The molecule has 0 N–H and O–H groups in total. The van der Waals surface area contributed by atoms with Crippen molar-refractivity contribution in [3.8, 4) is 11.4 Å². The number of hydrogen-bond acceptors (Lipinski definition) is 3. The van der Waals surface area contributed by atoms with E-state index in [1.54, 1.807) is 0 Å². The fourth-order valence-corrected chi connectivity index (χ4v) is 3.35. The Morgan fingerprint density at radius 1 is 1.00 bits per heavy atom. The molecule has 4 rings (SSSR count). The lowest BCUT2D eigenvalue weighted by Crippen LogP contribution is -2.22. The van der Waals surface area contributed by atoms with Gasteiger partial charge in [0.1, 0.15) is 5.75 Å². The molecule has 0 radical (unpaired) electrons. The van der Waals surface area contributed by atoms with Crippen LogP contribution in [-0.4, -0.2) is 24.3 Å². The molecular formula is C22H24N2O2. The van der Waals surface area contributed by atoms with E-state index in [2.05, 4.69) is 71.2 Å². The predicted molar refractivity (Wildman–Crippen MR) is 104 cm³/mol. The van der Waals surface area contributed by atoms with Gasteiger partial charge in [0, 0.05) is 35.9 Å². The normalized spacial score (nSPS) is 16.8. The van der Waals surface area contributed by atoms with Gasteiger partial charge in [-0.3, -0.25) is 0 Å². The highest BCUT2D eigenvalue weighted by Gasteiger charge is 2.27. The molecule has 0 aliphatic carbocycles. The van der Waals surface area contributed by atoms with Crippen molar-refractivity contribution < 1.29 is 9.47 Å². The van der Waals surface area contributed by atoms with E-state index in [1.807, 2.05) is 19.1 Å². The fourth-order valence-electron chi connectivity index (χ4n) is 3.35. The standard InChI is InChI=1S/C22H24N2O2/c1-3-25-21-10-8-19(9-11-21)23-13-12-18(16-23)22-24(14-15-26-22)20-6-4-17(2)5-7-20/h4-13,16,22H,3,14-15H2,1-2H3. The van der Waals surface area contributed by atoms with Crippen molar-refractivity contribution in [1.82, 2.24) is 4.57 Å². The van der Waals surface area contributed by atoms with E-state index in [1.165, 1.54) is 11.3 Å². The van der Waals surface area contributed by atoms with Gasteiger partial charge >= 0.3 is 0 Å². The van der Waals surface area contributed by atoms with Crippen molar-refractivity contribution in [3.63, 3.8) is 0 Å². The molecule has 1 atom stereocenters.